The third-order valence-electron chi connectivity index (χ3n) is 5.05. The van der Waals surface area contributed by atoms with Crippen molar-refractivity contribution in [3.05, 3.63) is 35.4 Å². The van der Waals surface area contributed by atoms with Crippen molar-refractivity contribution in [1.82, 2.24) is 5.32 Å². The summed E-state index contributed by atoms with van der Waals surface area (Å²) in [6.07, 6.45) is 1.57. The van der Waals surface area contributed by atoms with Crippen molar-refractivity contribution in [2.45, 2.75) is 38.5 Å². The van der Waals surface area contributed by atoms with Crippen LogP contribution in [0.15, 0.2) is 24.3 Å². The molecule has 0 bridgehead atoms. The van der Waals surface area contributed by atoms with E-state index in [1.807, 2.05) is 0 Å². The number of rotatable bonds is 5. The average molecular weight is 335 g/mol. The SMILES string of the molecule is CC(C)c1ccc([C@@H]2C[C@@H]2C(=O)NC[C@@H]2CCS(=O)(=O)C2)cc1. The number of hydrogen-bond donors (Lipinski definition) is 1. The van der Waals surface area contributed by atoms with Crippen LogP contribution in [-0.4, -0.2) is 32.4 Å². The summed E-state index contributed by atoms with van der Waals surface area (Å²) in [5, 5.41) is 2.95. The number of nitrogens with one attached hydrogen (secondary N) is 1. The van der Waals surface area contributed by atoms with Gasteiger partial charge in [0, 0.05) is 12.5 Å². The van der Waals surface area contributed by atoms with Crippen LogP contribution in [0.3, 0.4) is 0 Å². The summed E-state index contributed by atoms with van der Waals surface area (Å²) in [5.74, 6) is 1.55. The lowest BCUT2D eigenvalue weighted by atomic mass is 10.00. The van der Waals surface area contributed by atoms with Gasteiger partial charge in [0.05, 0.1) is 11.5 Å². The molecule has 3 atom stereocenters. The van der Waals surface area contributed by atoms with E-state index >= 15 is 0 Å². The molecular formula is C18H25NO3S. The van der Waals surface area contributed by atoms with Crippen molar-refractivity contribution in [3.8, 4) is 0 Å². The highest BCUT2D eigenvalue weighted by atomic mass is 32.2. The number of carbonyl (C=O) groups excluding carboxylic acids is 1. The van der Waals surface area contributed by atoms with Gasteiger partial charge >= 0.3 is 0 Å². The second kappa shape index (κ2) is 6.27. The Labute approximate surface area is 138 Å². The highest BCUT2D eigenvalue weighted by Crippen LogP contribution is 2.47. The number of benzene rings is 1. The Morgan fingerprint density at radius 3 is 2.52 bits per heavy atom. The van der Waals surface area contributed by atoms with Crippen molar-refractivity contribution < 1.29 is 13.2 Å². The van der Waals surface area contributed by atoms with Crippen LogP contribution in [-0.2, 0) is 14.6 Å². The van der Waals surface area contributed by atoms with Gasteiger partial charge in [-0.3, -0.25) is 4.79 Å². The first kappa shape index (κ1) is 16.5. The zero-order chi connectivity index (χ0) is 16.6. The number of sulfone groups is 1. The molecule has 1 aliphatic heterocycles. The zero-order valence-corrected chi connectivity index (χ0v) is 14.6. The minimum absolute atomic E-state index is 0.0536. The third-order valence-corrected chi connectivity index (χ3v) is 6.89. The molecule has 2 fully saturated rings. The first-order chi connectivity index (χ1) is 10.9. The van der Waals surface area contributed by atoms with Crippen LogP contribution in [0.5, 0.6) is 0 Å². The van der Waals surface area contributed by atoms with Crippen molar-refractivity contribution in [3.63, 3.8) is 0 Å². The van der Waals surface area contributed by atoms with Crippen LogP contribution in [0.2, 0.25) is 0 Å². The van der Waals surface area contributed by atoms with Gasteiger partial charge in [0.25, 0.3) is 0 Å². The van der Waals surface area contributed by atoms with E-state index in [1.54, 1.807) is 0 Å². The molecule has 1 amide bonds. The molecule has 23 heavy (non-hydrogen) atoms. The monoisotopic (exact) mass is 335 g/mol. The maximum atomic E-state index is 12.2. The van der Waals surface area contributed by atoms with Gasteiger partial charge in [-0.25, -0.2) is 8.42 Å². The summed E-state index contributed by atoms with van der Waals surface area (Å²) < 4.78 is 22.9. The molecule has 0 radical (unpaired) electrons. The number of carbonyl (C=O) groups is 1. The number of hydrogen-bond acceptors (Lipinski definition) is 3. The van der Waals surface area contributed by atoms with Gasteiger partial charge in [-0.05, 0) is 41.7 Å². The summed E-state index contributed by atoms with van der Waals surface area (Å²) >= 11 is 0. The van der Waals surface area contributed by atoms with Crippen molar-refractivity contribution in [1.29, 1.82) is 0 Å². The Balaban J connectivity index is 1.49. The Bertz CT molecular complexity index is 679. The lowest BCUT2D eigenvalue weighted by Crippen LogP contribution is -2.31. The lowest BCUT2D eigenvalue weighted by molar-refractivity contribution is -0.122. The van der Waals surface area contributed by atoms with Crippen LogP contribution >= 0.6 is 0 Å². The fourth-order valence-electron chi connectivity index (χ4n) is 3.39. The Kier molecular flexibility index (Phi) is 4.50. The van der Waals surface area contributed by atoms with Crippen LogP contribution in [0.25, 0.3) is 0 Å². The van der Waals surface area contributed by atoms with Crippen molar-refractivity contribution in [2.75, 3.05) is 18.1 Å². The molecule has 1 aliphatic carbocycles. The highest BCUT2D eigenvalue weighted by Gasteiger charge is 2.44. The maximum absolute atomic E-state index is 12.2. The van der Waals surface area contributed by atoms with Crippen LogP contribution in [0, 0.1) is 11.8 Å². The topological polar surface area (TPSA) is 63.2 Å². The quantitative estimate of drug-likeness (QED) is 0.899. The van der Waals surface area contributed by atoms with Crippen LogP contribution in [0.1, 0.15) is 49.7 Å². The summed E-state index contributed by atoms with van der Waals surface area (Å²) in [7, 11) is -2.86. The van der Waals surface area contributed by atoms with Crippen LogP contribution < -0.4 is 5.32 Å². The van der Waals surface area contributed by atoms with E-state index in [0.717, 1.165) is 6.42 Å². The van der Waals surface area contributed by atoms with Crippen molar-refractivity contribution in [2.24, 2.45) is 11.8 Å². The van der Waals surface area contributed by atoms with E-state index in [9.17, 15) is 13.2 Å². The Morgan fingerprint density at radius 1 is 1.26 bits per heavy atom. The molecule has 1 heterocycles. The van der Waals surface area contributed by atoms with Gasteiger partial charge in [-0.15, -0.1) is 0 Å². The first-order valence-corrected chi connectivity index (χ1v) is 10.3. The molecule has 1 aromatic rings. The third kappa shape index (κ3) is 3.94. The molecule has 4 nitrogen and oxygen atoms in total. The van der Waals surface area contributed by atoms with Gasteiger partial charge in [-0.2, -0.15) is 0 Å². The molecule has 1 aromatic carbocycles. The normalized spacial score (nSPS) is 28.7. The van der Waals surface area contributed by atoms with Crippen molar-refractivity contribution >= 4 is 15.7 Å². The fourth-order valence-corrected chi connectivity index (χ4v) is 5.25. The molecule has 2 aliphatic rings. The van der Waals surface area contributed by atoms with E-state index in [1.165, 1.54) is 11.1 Å². The molecular weight excluding hydrogens is 310 g/mol. The summed E-state index contributed by atoms with van der Waals surface area (Å²) in [6, 6.07) is 8.57. The minimum Gasteiger partial charge on any atom is -0.356 e. The van der Waals surface area contributed by atoms with Gasteiger partial charge in [0.15, 0.2) is 9.84 Å². The molecule has 0 unspecified atom stereocenters. The predicted octanol–water partition coefficient (Wildman–Crippen LogP) is 2.46. The van der Waals surface area contributed by atoms with E-state index in [2.05, 4.69) is 43.4 Å². The summed E-state index contributed by atoms with van der Waals surface area (Å²) in [6.45, 7) is 4.84. The largest absolute Gasteiger partial charge is 0.356 e. The summed E-state index contributed by atoms with van der Waals surface area (Å²) in [4.78, 5) is 12.2. The highest BCUT2D eigenvalue weighted by molar-refractivity contribution is 7.91. The van der Waals surface area contributed by atoms with E-state index in [0.29, 0.717) is 24.8 Å². The molecule has 5 heteroatoms. The average Bonchev–Trinajstić information content (AvgIpc) is 3.23. The van der Waals surface area contributed by atoms with Gasteiger partial charge in [0.1, 0.15) is 0 Å². The van der Waals surface area contributed by atoms with Gasteiger partial charge < -0.3 is 5.32 Å². The minimum atomic E-state index is -2.86. The van der Waals surface area contributed by atoms with E-state index < -0.39 is 9.84 Å². The Morgan fingerprint density at radius 2 is 1.96 bits per heavy atom. The second-order valence-corrected chi connectivity index (χ2v) is 9.51. The standard InChI is InChI=1S/C18H25NO3S/c1-12(2)14-3-5-15(6-4-14)16-9-17(16)18(20)19-10-13-7-8-23(21,22)11-13/h3-6,12-13,16-17H,7-11H2,1-2H3,(H,19,20)/t13-,16-,17-/m0/s1. The van der Waals surface area contributed by atoms with Gasteiger partial charge in [-0.1, -0.05) is 38.1 Å². The van der Waals surface area contributed by atoms with Gasteiger partial charge in [0.2, 0.25) is 5.91 Å². The first-order valence-electron chi connectivity index (χ1n) is 8.44. The molecule has 1 N–H and O–H groups in total. The number of amides is 1. The maximum Gasteiger partial charge on any atom is 0.223 e. The summed E-state index contributed by atoms with van der Waals surface area (Å²) in [5.41, 5.74) is 2.55. The smallest absolute Gasteiger partial charge is 0.223 e. The molecule has 1 saturated carbocycles. The van der Waals surface area contributed by atoms with E-state index in [-0.39, 0.29) is 29.2 Å². The molecule has 0 spiro atoms. The molecule has 0 aromatic heterocycles. The molecule has 1 saturated heterocycles. The fraction of sp³-hybridized carbons (Fsp3) is 0.611. The Hall–Kier alpha value is -1.36. The predicted molar refractivity (Wildman–Crippen MR) is 91.1 cm³/mol. The lowest BCUT2D eigenvalue weighted by Gasteiger charge is -2.10. The second-order valence-electron chi connectivity index (χ2n) is 7.28. The molecule has 126 valence electrons. The zero-order valence-electron chi connectivity index (χ0n) is 13.8. The van der Waals surface area contributed by atoms with Crippen LogP contribution in [0.4, 0.5) is 0 Å². The van der Waals surface area contributed by atoms with E-state index in [4.69, 9.17) is 0 Å². The molecule has 3 rings (SSSR count).